The second-order valence-electron chi connectivity index (χ2n) is 6.28. The monoisotopic (exact) mass is 395 g/mol. The van der Waals surface area contributed by atoms with Crippen molar-refractivity contribution in [2.45, 2.75) is 38.5 Å². The predicted molar refractivity (Wildman–Crippen MR) is 104 cm³/mol. The first-order chi connectivity index (χ1) is 12.1. The lowest BCUT2D eigenvalue weighted by atomic mass is 10.0. The minimum absolute atomic E-state index is 0.0853. The van der Waals surface area contributed by atoms with Gasteiger partial charge in [0, 0.05) is 18.0 Å². The smallest absolute Gasteiger partial charge is 0.303 e. The number of carboxylic acid groups (broad SMARTS) is 1. The molecule has 0 unspecified atom stereocenters. The summed E-state index contributed by atoms with van der Waals surface area (Å²) in [7, 11) is -3.84. The molecule has 5 nitrogen and oxygen atoms in total. The number of aryl methyl sites for hydroxylation is 3. The molecule has 0 bridgehead atoms. The fourth-order valence-corrected chi connectivity index (χ4v) is 4.78. The average molecular weight is 396 g/mol. The van der Waals surface area contributed by atoms with Crippen molar-refractivity contribution in [3.05, 3.63) is 58.1 Å². The van der Waals surface area contributed by atoms with Gasteiger partial charge in [-0.1, -0.05) is 29.3 Å². The average Bonchev–Trinajstić information content (AvgIpc) is 2.52. The molecule has 0 saturated carbocycles. The van der Waals surface area contributed by atoms with E-state index in [1.165, 1.54) is 28.6 Å². The van der Waals surface area contributed by atoms with Gasteiger partial charge in [0.05, 0.1) is 10.6 Å². The van der Waals surface area contributed by atoms with Gasteiger partial charge >= 0.3 is 5.97 Å². The summed E-state index contributed by atoms with van der Waals surface area (Å²) in [6.07, 6.45) is 0.117. The number of benzene rings is 2. The Kier molecular flexibility index (Phi) is 6.31. The Morgan fingerprint density at radius 3 is 2.12 bits per heavy atom. The van der Waals surface area contributed by atoms with E-state index in [2.05, 4.69) is 0 Å². The molecule has 0 radical (unpaired) electrons. The van der Waals surface area contributed by atoms with Crippen LogP contribution in [0.3, 0.4) is 0 Å². The van der Waals surface area contributed by atoms with Crippen LogP contribution in [0.2, 0.25) is 5.02 Å². The molecule has 26 heavy (non-hydrogen) atoms. The molecule has 0 aliphatic carbocycles. The molecule has 0 aliphatic heterocycles. The molecule has 2 rings (SSSR count). The van der Waals surface area contributed by atoms with Gasteiger partial charge in [0.1, 0.15) is 0 Å². The molecule has 0 aromatic heterocycles. The van der Waals surface area contributed by atoms with Gasteiger partial charge in [0.15, 0.2) is 0 Å². The molecule has 0 aliphatic rings. The van der Waals surface area contributed by atoms with Crippen molar-refractivity contribution in [1.29, 1.82) is 0 Å². The number of anilines is 1. The van der Waals surface area contributed by atoms with Gasteiger partial charge in [-0.15, -0.1) is 0 Å². The van der Waals surface area contributed by atoms with Crippen LogP contribution in [0.15, 0.2) is 41.3 Å². The quantitative estimate of drug-likeness (QED) is 0.757. The summed E-state index contributed by atoms with van der Waals surface area (Å²) in [5.74, 6) is -0.953. The zero-order valence-electron chi connectivity index (χ0n) is 15.0. The third-order valence-electron chi connectivity index (χ3n) is 4.04. The summed E-state index contributed by atoms with van der Waals surface area (Å²) in [4.78, 5) is 11.0. The van der Waals surface area contributed by atoms with E-state index < -0.39 is 16.0 Å². The van der Waals surface area contributed by atoms with Gasteiger partial charge in [0.2, 0.25) is 0 Å². The number of hydrogen-bond acceptors (Lipinski definition) is 3. The number of aliphatic carboxylic acids is 1. The van der Waals surface area contributed by atoms with Crippen LogP contribution in [0, 0.1) is 20.8 Å². The van der Waals surface area contributed by atoms with Crippen molar-refractivity contribution in [3.63, 3.8) is 0 Å². The van der Waals surface area contributed by atoms with Crippen molar-refractivity contribution < 1.29 is 18.3 Å². The van der Waals surface area contributed by atoms with Crippen LogP contribution in [0.1, 0.15) is 29.5 Å². The lowest BCUT2D eigenvalue weighted by Crippen LogP contribution is -2.33. The van der Waals surface area contributed by atoms with E-state index in [4.69, 9.17) is 16.7 Å². The maximum Gasteiger partial charge on any atom is 0.303 e. The van der Waals surface area contributed by atoms with E-state index in [-0.39, 0.29) is 24.3 Å². The molecule has 140 valence electrons. The number of sulfonamides is 1. The Bertz CT molecular complexity index is 885. The SMILES string of the molecule is Cc1cc(C)c(N(CCCC(=O)O)S(=O)(=O)c2ccc(Cl)cc2)c(C)c1. The Balaban J connectivity index is 2.54. The van der Waals surface area contributed by atoms with Crippen LogP contribution < -0.4 is 4.31 Å². The first kappa shape index (κ1) is 20.3. The Hall–Kier alpha value is -2.05. The number of carboxylic acids is 1. The normalized spacial score (nSPS) is 11.4. The molecule has 7 heteroatoms. The molecule has 2 aromatic carbocycles. The fraction of sp³-hybridized carbons (Fsp3) is 0.316. The van der Waals surface area contributed by atoms with E-state index in [1.807, 2.05) is 32.9 Å². The molecular formula is C19H22ClNO4S. The molecule has 0 saturated heterocycles. The van der Waals surface area contributed by atoms with E-state index in [0.29, 0.717) is 10.7 Å². The summed E-state index contributed by atoms with van der Waals surface area (Å²) in [6, 6.07) is 9.81. The molecule has 1 N–H and O–H groups in total. The van der Waals surface area contributed by atoms with Crippen molar-refractivity contribution in [1.82, 2.24) is 0 Å². The van der Waals surface area contributed by atoms with E-state index in [0.717, 1.165) is 16.7 Å². The van der Waals surface area contributed by atoms with Crippen molar-refractivity contribution in [3.8, 4) is 0 Å². The van der Waals surface area contributed by atoms with Gasteiger partial charge in [-0.25, -0.2) is 8.42 Å². The van der Waals surface area contributed by atoms with E-state index in [9.17, 15) is 13.2 Å². The second-order valence-corrected chi connectivity index (χ2v) is 8.57. The predicted octanol–water partition coefficient (Wildman–Crippen LogP) is 4.33. The Morgan fingerprint density at radius 2 is 1.62 bits per heavy atom. The van der Waals surface area contributed by atoms with Crippen LogP contribution in [0.5, 0.6) is 0 Å². The van der Waals surface area contributed by atoms with Crippen LogP contribution in [-0.2, 0) is 14.8 Å². The molecule has 0 amide bonds. The summed E-state index contributed by atoms with van der Waals surface area (Å²) >= 11 is 5.87. The molecule has 0 atom stereocenters. The van der Waals surface area contributed by atoms with Gasteiger partial charge in [0.25, 0.3) is 10.0 Å². The van der Waals surface area contributed by atoms with Gasteiger partial charge in [-0.3, -0.25) is 9.10 Å². The highest BCUT2D eigenvalue weighted by molar-refractivity contribution is 7.92. The van der Waals surface area contributed by atoms with Crippen molar-refractivity contribution >= 4 is 33.3 Å². The maximum atomic E-state index is 13.2. The summed E-state index contributed by atoms with van der Waals surface area (Å²) in [5.41, 5.74) is 3.29. The number of rotatable bonds is 7. The number of hydrogen-bond donors (Lipinski definition) is 1. The van der Waals surface area contributed by atoms with E-state index >= 15 is 0 Å². The number of carbonyl (C=O) groups is 1. The lowest BCUT2D eigenvalue weighted by molar-refractivity contribution is -0.137. The fourth-order valence-electron chi connectivity index (χ4n) is 3.03. The third kappa shape index (κ3) is 4.56. The molecule has 2 aromatic rings. The summed E-state index contributed by atoms with van der Waals surface area (Å²) < 4.78 is 27.8. The summed E-state index contributed by atoms with van der Waals surface area (Å²) in [5, 5.41) is 9.36. The zero-order valence-corrected chi connectivity index (χ0v) is 16.6. The molecule has 0 spiro atoms. The third-order valence-corrected chi connectivity index (χ3v) is 6.10. The lowest BCUT2D eigenvalue weighted by Gasteiger charge is -2.28. The summed E-state index contributed by atoms with van der Waals surface area (Å²) in [6.45, 7) is 5.75. The van der Waals surface area contributed by atoms with E-state index in [1.54, 1.807) is 0 Å². The minimum atomic E-state index is -3.84. The number of nitrogens with zero attached hydrogens (tertiary/aromatic N) is 1. The van der Waals surface area contributed by atoms with Gasteiger partial charge in [-0.05, 0) is 62.6 Å². The largest absolute Gasteiger partial charge is 0.481 e. The topological polar surface area (TPSA) is 74.7 Å². The van der Waals surface area contributed by atoms with Crippen LogP contribution in [-0.4, -0.2) is 26.0 Å². The highest BCUT2D eigenvalue weighted by atomic mass is 35.5. The van der Waals surface area contributed by atoms with Crippen LogP contribution in [0.25, 0.3) is 0 Å². The standard InChI is InChI=1S/C19H22ClNO4S/c1-13-11-14(2)19(15(3)12-13)21(10-4-5-18(22)23)26(24,25)17-8-6-16(20)7-9-17/h6-9,11-12H,4-5,10H2,1-3H3,(H,22,23). The van der Waals surface area contributed by atoms with Crippen molar-refractivity contribution in [2.75, 3.05) is 10.8 Å². The first-order valence-corrected chi connectivity index (χ1v) is 10.0. The van der Waals surface area contributed by atoms with Gasteiger partial charge < -0.3 is 5.11 Å². The maximum absolute atomic E-state index is 13.2. The highest BCUT2D eigenvalue weighted by Gasteiger charge is 2.27. The van der Waals surface area contributed by atoms with Crippen LogP contribution >= 0.6 is 11.6 Å². The van der Waals surface area contributed by atoms with Crippen LogP contribution in [0.4, 0.5) is 5.69 Å². The highest BCUT2D eigenvalue weighted by Crippen LogP contribution is 2.32. The second kappa shape index (κ2) is 8.10. The van der Waals surface area contributed by atoms with Gasteiger partial charge in [-0.2, -0.15) is 0 Å². The number of halogens is 1. The zero-order chi connectivity index (χ0) is 19.5. The molecule has 0 heterocycles. The minimum Gasteiger partial charge on any atom is -0.481 e. The first-order valence-electron chi connectivity index (χ1n) is 8.21. The Morgan fingerprint density at radius 1 is 1.08 bits per heavy atom. The Labute approximate surface area is 159 Å². The molecule has 0 fully saturated rings. The van der Waals surface area contributed by atoms with Crippen molar-refractivity contribution in [2.24, 2.45) is 0 Å². The molecular weight excluding hydrogens is 374 g/mol.